The van der Waals surface area contributed by atoms with Crippen LogP contribution in [0.2, 0.25) is 0 Å². The highest BCUT2D eigenvalue weighted by atomic mass is 16.2. The highest BCUT2D eigenvalue weighted by Crippen LogP contribution is 2.21. The van der Waals surface area contributed by atoms with Crippen LogP contribution in [0.1, 0.15) is 30.2 Å². The first-order valence-electron chi connectivity index (χ1n) is 9.05. The van der Waals surface area contributed by atoms with E-state index in [1.165, 1.54) is 11.1 Å². The number of nitrogens with zero attached hydrogens (tertiary/aromatic N) is 4. The van der Waals surface area contributed by atoms with Crippen LogP contribution < -0.4 is 0 Å². The lowest BCUT2D eigenvalue weighted by Gasteiger charge is -2.35. The molecular formula is C21H24N4O. The number of pyridine rings is 1. The Morgan fingerprint density at radius 3 is 2.77 bits per heavy atom. The van der Waals surface area contributed by atoms with Gasteiger partial charge in [0.15, 0.2) is 0 Å². The monoisotopic (exact) mass is 348 g/mol. The summed E-state index contributed by atoms with van der Waals surface area (Å²) in [6.07, 6.45) is 3.02. The van der Waals surface area contributed by atoms with E-state index in [9.17, 15) is 4.79 Å². The fourth-order valence-corrected chi connectivity index (χ4v) is 3.41. The number of carbonyl (C=O) groups is 1. The molecule has 1 aliphatic rings. The first-order valence-corrected chi connectivity index (χ1v) is 9.05. The zero-order valence-corrected chi connectivity index (χ0v) is 15.1. The van der Waals surface area contributed by atoms with Crippen molar-refractivity contribution < 1.29 is 4.79 Å². The maximum atomic E-state index is 13.1. The summed E-state index contributed by atoms with van der Waals surface area (Å²) in [5.41, 5.74) is 3.51. The lowest BCUT2D eigenvalue weighted by molar-refractivity contribution is -0.137. The van der Waals surface area contributed by atoms with Gasteiger partial charge in [-0.05, 0) is 36.6 Å². The first kappa shape index (κ1) is 18.1. The molecule has 1 aromatic carbocycles. The maximum absolute atomic E-state index is 13.1. The van der Waals surface area contributed by atoms with Gasteiger partial charge in [-0.25, -0.2) is 0 Å². The van der Waals surface area contributed by atoms with Crippen molar-refractivity contribution in [3.05, 3.63) is 65.5 Å². The minimum Gasteiger partial charge on any atom is -0.334 e. The summed E-state index contributed by atoms with van der Waals surface area (Å²) in [5, 5.41) is 8.95. The minimum atomic E-state index is -0.217. The third kappa shape index (κ3) is 4.27. The van der Waals surface area contributed by atoms with E-state index in [1.54, 1.807) is 11.1 Å². The van der Waals surface area contributed by atoms with E-state index < -0.39 is 0 Å². The van der Waals surface area contributed by atoms with Gasteiger partial charge in [-0.3, -0.25) is 14.7 Å². The average Bonchev–Trinajstić information content (AvgIpc) is 2.70. The molecule has 5 nitrogen and oxygen atoms in total. The molecule has 1 aromatic heterocycles. The van der Waals surface area contributed by atoms with E-state index in [0.29, 0.717) is 19.5 Å². The first-order chi connectivity index (χ1) is 12.7. The number of nitriles is 1. The zero-order valence-electron chi connectivity index (χ0n) is 15.1. The molecule has 0 radical (unpaired) electrons. The molecule has 0 saturated carbocycles. The van der Waals surface area contributed by atoms with Crippen LogP contribution in [0.15, 0.2) is 48.7 Å². The molecule has 1 unspecified atom stereocenters. The molecule has 5 heteroatoms. The van der Waals surface area contributed by atoms with Crippen LogP contribution in [-0.2, 0) is 24.3 Å². The lowest BCUT2D eigenvalue weighted by Crippen LogP contribution is -2.48. The van der Waals surface area contributed by atoms with Crippen LogP contribution >= 0.6 is 0 Å². The van der Waals surface area contributed by atoms with Crippen molar-refractivity contribution in [2.45, 2.75) is 38.9 Å². The van der Waals surface area contributed by atoms with E-state index in [2.05, 4.69) is 40.2 Å². The summed E-state index contributed by atoms with van der Waals surface area (Å²) >= 11 is 0. The molecule has 0 spiro atoms. The summed E-state index contributed by atoms with van der Waals surface area (Å²) in [5.74, 6) is 0.0604. The molecule has 1 amide bonds. The molecule has 0 saturated heterocycles. The van der Waals surface area contributed by atoms with E-state index >= 15 is 0 Å². The van der Waals surface area contributed by atoms with Gasteiger partial charge >= 0.3 is 0 Å². The normalized spacial score (nSPS) is 14.9. The lowest BCUT2D eigenvalue weighted by atomic mass is 9.98. The highest BCUT2D eigenvalue weighted by molar-refractivity contribution is 5.81. The van der Waals surface area contributed by atoms with Crippen LogP contribution in [0.4, 0.5) is 0 Å². The Morgan fingerprint density at radius 2 is 2.04 bits per heavy atom. The summed E-state index contributed by atoms with van der Waals surface area (Å²) in [7, 11) is 0. The van der Waals surface area contributed by atoms with Crippen LogP contribution in [0.5, 0.6) is 0 Å². The molecule has 26 heavy (non-hydrogen) atoms. The van der Waals surface area contributed by atoms with Crippen LogP contribution in [0.3, 0.4) is 0 Å². The largest absolute Gasteiger partial charge is 0.334 e. The zero-order chi connectivity index (χ0) is 18.4. The Morgan fingerprint density at radius 1 is 1.27 bits per heavy atom. The topological polar surface area (TPSA) is 60.2 Å². The van der Waals surface area contributed by atoms with E-state index in [-0.39, 0.29) is 11.9 Å². The number of hydrogen-bond acceptors (Lipinski definition) is 4. The highest BCUT2D eigenvalue weighted by Gasteiger charge is 2.28. The Hall–Kier alpha value is -2.71. The Labute approximate surface area is 154 Å². The van der Waals surface area contributed by atoms with Crippen LogP contribution in [-0.4, -0.2) is 39.8 Å². The molecule has 1 aliphatic heterocycles. The number of aromatic nitrogens is 1. The van der Waals surface area contributed by atoms with Crippen LogP contribution in [0.25, 0.3) is 0 Å². The third-order valence-corrected chi connectivity index (χ3v) is 4.95. The summed E-state index contributed by atoms with van der Waals surface area (Å²) in [6.45, 7) is 4.50. The van der Waals surface area contributed by atoms with E-state index in [1.807, 2.05) is 25.1 Å². The summed E-state index contributed by atoms with van der Waals surface area (Å²) in [4.78, 5) is 21.4. The second-order valence-corrected chi connectivity index (χ2v) is 6.65. The molecule has 0 N–H and O–H groups in total. The van der Waals surface area contributed by atoms with Crippen molar-refractivity contribution >= 4 is 5.91 Å². The standard InChI is InChI=1S/C21H24N4O/c1-17(24-14-10-18-7-2-3-8-19(18)15-24)21(26)25(13-6-11-22)16-20-9-4-5-12-23-20/h2-5,7-9,12,17H,6,10,13-16H2,1H3. The molecule has 134 valence electrons. The van der Waals surface area contributed by atoms with Gasteiger partial charge in [0.05, 0.1) is 30.8 Å². The van der Waals surface area contributed by atoms with Crippen molar-refractivity contribution in [3.8, 4) is 6.07 Å². The minimum absolute atomic E-state index is 0.0604. The molecule has 2 heterocycles. The molecule has 0 fully saturated rings. The predicted molar refractivity (Wildman–Crippen MR) is 99.9 cm³/mol. The number of hydrogen-bond donors (Lipinski definition) is 0. The molecule has 2 aromatic rings. The van der Waals surface area contributed by atoms with E-state index in [0.717, 1.165) is 25.2 Å². The van der Waals surface area contributed by atoms with Gasteiger partial charge in [0.1, 0.15) is 0 Å². The van der Waals surface area contributed by atoms with Crippen molar-refractivity contribution in [1.29, 1.82) is 5.26 Å². The van der Waals surface area contributed by atoms with Gasteiger partial charge in [0.2, 0.25) is 5.91 Å². The Bertz CT molecular complexity index is 784. The van der Waals surface area contributed by atoms with E-state index in [4.69, 9.17) is 5.26 Å². The van der Waals surface area contributed by atoms with Crippen molar-refractivity contribution in [2.24, 2.45) is 0 Å². The van der Waals surface area contributed by atoms with Crippen molar-refractivity contribution in [3.63, 3.8) is 0 Å². The van der Waals surface area contributed by atoms with Gasteiger partial charge in [-0.15, -0.1) is 0 Å². The number of rotatable bonds is 6. The van der Waals surface area contributed by atoms with Crippen molar-refractivity contribution in [2.75, 3.05) is 13.1 Å². The summed E-state index contributed by atoms with van der Waals surface area (Å²) in [6, 6.07) is 16.0. The SMILES string of the molecule is CC(C(=O)N(CCC#N)Cc1ccccn1)N1CCc2ccccc2C1. The number of carbonyl (C=O) groups excluding carboxylic acids is 1. The second-order valence-electron chi connectivity index (χ2n) is 6.65. The van der Waals surface area contributed by atoms with Gasteiger partial charge < -0.3 is 4.90 Å². The van der Waals surface area contributed by atoms with Gasteiger partial charge in [0, 0.05) is 25.8 Å². The Balaban J connectivity index is 1.70. The maximum Gasteiger partial charge on any atom is 0.240 e. The average molecular weight is 348 g/mol. The smallest absolute Gasteiger partial charge is 0.240 e. The third-order valence-electron chi connectivity index (χ3n) is 4.95. The number of amides is 1. The van der Waals surface area contributed by atoms with Crippen LogP contribution in [0, 0.1) is 11.3 Å². The molecule has 0 aliphatic carbocycles. The van der Waals surface area contributed by atoms with Gasteiger partial charge in [-0.2, -0.15) is 5.26 Å². The second kappa shape index (κ2) is 8.59. The fourth-order valence-electron chi connectivity index (χ4n) is 3.41. The quantitative estimate of drug-likeness (QED) is 0.805. The van der Waals surface area contributed by atoms with Gasteiger partial charge in [-0.1, -0.05) is 30.3 Å². The molecular weight excluding hydrogens is 324 g/mol. The Kier molecular flexibility index (Phi) is 5.98. The molecule has 1 atom stereocenters. The van der Waals surface area contributed by atoms with Gasteiger partial charge in [0.25, 0.3) is 0 Å². The molecule has 0 bridgehead atoms. The summed E-state index contributed by atoms with van der Waals surface area (Å²) < 4.78 is 0. The fraction of sp³-hybridized carbons (Fsp3) is 0.381. The molecule has 3 rings (SSSR count). The number of benzene rings is 1. The van der Waals surface area contributed by atoms with Crippen molar-refractivity contribution in [1.82, 2.24) is 14.8 Å². The number of fused-ring (bicyclic) bond motifs is 1. The predicted octanol–water partition coefficient (Wildman–Crippen LogP) is 2.77.